The Morgan fingerprint density at radius 3 is 2.56 bits per heavy atom. The number of hydrogen-bond acceptors (Lipinski definition) is 5. The van der Waals surface area contributed by atoms with E-state index in [2.05, 4.69) is 26.1 Å². The number of para-hydroxylation sites is 1. The third kappa shape index (κ3) is 7.61. The van der Waals surface area contributed by atoms with Gasteiger partial charge in [0.25, 0.3) is 5.91 Å². The molecule has 0 fully saturated rings. The Morgan fingerprint density at radius 2 is 1.84 bits per heavy atom. The normalized spacial score (nSPS) is 14.9. The fourth-order valence-corrected chi connectivity index (χ4v) is 7.00. The van der Waals surface area contributed by atoms with Crippen LogP contribution in [0.3, 0.4) is 0 Å². The molecule has 1 aliphatic rings. The maximum atomic E-state index is 13.6. The van der Waals surface area contributed by atoms with E-state index in [1.807, 2.05) is 61.5 Å². The van der Waals surface area contributed by atoms with E-state index < -0.39 is 0 Å². The minimum atomic E-state index is -0.121. The Morgan fingerprint density at radius 1 is 1.05 bits per heavy atom. The van der Waals surface area contributed by atoms with E-state index >= 15 is 0 Å². The zero-order valence-corrected chi connectivity index (χ0v) is 27.2. The van der Waals surface area contributed by atoms with Gasteiger partial charge in [0.05, 0.1) is 12.2 Å². The van der Waals surface area contributed by atoms with E-state index in [1.54, 1.807) is 29.7 Å². The average Bonchev–Trinajstić information content (AvgIpc) is 3.34. The number of carbonyl (C=O) groups excluding carboxylic acids is 1. The number of aliphatic imine (C=N–C) groups is 1. The van der Waals surface area contributed by atoms with Crippen molar-refractivity contribution in [3.8, 4) is 11.5 Å². The lowest BCUT2D eigenvalue weighted by atomic mass is 9.72. The summed E-state index contributed by atoms with van der Waals surface area (Å²) in [4.78, 5) is 19.8. The Bertz CT molecular complexity index is 1630. The van der Waals surface area contributed by atoms with Gasteiger partial charge in [0, 0.05) is 32.4 Å². The molecule has 5 rings (SSSR count). The second-order valence-corrected chi connectivity index (χ2v) is 13.7. The van der Waals surface area contributed by atoms with Crippen LogP contribution in [0.25, 0.3) is 0 Å². The van der Waals surface area contributed by atoms with Crippen molar-refractivity contribution >= 4 is 57.3 Å². The highest BCUT2D eigenvalue weighted by atomic mass is 35.5. The van der Waals surface area contributed by atoms with Gasteiger partial charge in [0.2, 0.25) is 0 Å². The van der Waals surface area contributed by atoms with Crippen LogP contribution in [0.1, 0.15) is 66.0 Å². The van der Waals surface area contributed by atoms with Gasteiger partial charge in [0.15, 0.2) is 11.5 Å². The van der Waals surface area contributed by atoms with E-state index in [0.29, 0.717) is 39.6 Å². The largest absolute Gasteiger partial charge is 0.490 e. The van der Waals surface area contributed by atoms with Crippen molar-refractivity contribution in [3.05, 3.63) is 104 Å². The molecule has 1 aromatic heterocycles. The van der Waals surface area contributed by atoms with Gasteiger partial charge in [-0.3, -0.25) is 4.79 Å². The lowest BCUT2D eigenvalue weighted by Gasteiger charge is -2.33. The Balaban J connectivity index is 1.42. The van der Waals surface area contributed by atoms with E-state index in [-0.39, 0.29) is 17.9 Å². The predicted octanol–water partition coefficient (Wildman–Crippen LogP) is 10.2. The molecule has 1 N–H and O–H groups in total. The molecule has 1 heterocycles. The third-order valence-corrected chi connectivity index (χ3v) is 9.48. The fraction of sp³-hybridized carbons (Fsp3) is 0.314. The first-order valence-corrected chi connectivity index (χ1v) is 16.1. The number of nitrogens with one attached hydrogen (secondary N) is 1. The number of fused-ring (bicyclic) bond motifs is 1. The number of carbonyl (C=O) groups is 1. The highest BCUT2D eigenvalue weighted by molar-refractivity contribution is 7.16. The van der Waals surface area contributed by atoms with Gasteiger partial charge in [-0.15, -0.1) is 11.3 Å². The molecule has 0 saturated carbocycles. The first kappa shape index (κ1) is 31.1. The molecule has 43 heavy (non-hydrogen) atoms. The summed E-state index contributed by atoms with van der Waals surface area (Å²) >= 11 is 14.0. The van der Waals surface area contributed by atoms with Gasteiger partial charge < -0.3 is 14.8 Å². The van der Waals surface area contributed by atoms with Gasteiger partial charge in [-0.1, -0.05) is 68.2 Å². The SMILES string of the molecule is CCOc1cc(C=Nc2sc3c(c2C(=O)Nc2ccccc2)CC[C@@H](C(C)(C)C)C3)ccc1OCc1ccc(Cl)cc1Cl. The number of ether oxygens (including phenoxy) is 2. The van der Waals surface area contributed by atoms with Crippen LogP contribution in [-0.4, -0.2) is 18.7 Å². The van der Waals surface area contributed by atoms with Crippen LogP contribution in [0.15, 0.2) is 71.7 Å². The van der Waals surface area contributed by atoms with Crippen molar-refractivity contribution in [3.63, 3.8) is 0 Å². The van der Waals surface area contributed by atoms with Crippen molar-refractivity contribution in [2.75, 3.05) is 11.9 Å². The van der Waals surface area contributed by atoms with Crippen LogP contribution in [0.4, 0.5) is 10.7 Å². The third-order valence-electron chi connectivity index (χ3n) is 7.73. The molecule has 0 spiro atoms. The molecular weight excluding hydrogens is 599 g/mol. The molecule has 0 saturated heterocycles. The predicted molar refractivity (Wildman–Crippen MR) is 179 cm³/mol. The number of halogens is 2. The minimum absolute atomic E-state index is 0.121. The molecule has 0 radical (unpaired) electrons. The van der Waals surface area contributed by atoms with E-state index in [0.717, 1.165) is 46.6 Å². The quantitative estimate of drug-likeness (QED) is 0.186. The second kappa shape index (κ2) is 13.5. The maximum absolute atomic E-state index is 13.6. The molecular formula is C35H36Cl2N2O3S. The van der Waals surface area contributed by atoms with Crippen molar-refractivity contribution in [1.82, 2.24) is 0 Å². The number of rotatable bonds is 9. The van der Waals surface area contributed by atoms with E-state index in [9.17, 15) is 4.79 Å². The van der Waals surface area contributed by atoms with Crippen molar-refractivity contribution < 1.29 is 14.3 Å². The summed E-state index contributed by atoms with van der Waals surface area (Å²) in [6.45, 7) is 9.58. The van der Waals surface area contributed by atoms with E-state index in [4.69, 9.17) is 37.7 Å². The molecule has 3 aromatic carbocycles. The van der Waals surface area contributed by atoms with Gasteiger partial charge >= 0.3 is 0 Å². The smallest absolute Gasteiger partial charge is 0.259 e. The first-order valence-electron chi connectivity index (χ1n) is 14.5. The molecule has 1 aliphatic carbocycles. The first-order chi connectivity index (χ1) is 20.6. The summed E-state index contributed by atoms with van der Waals surface area (Å²) < 4.78 is 12.0. The summed E-state index contributed by atoms with van der Waals surface area (Å²) in [5.74, 6) is 1.65. The number of nitrogens with zero attached hydrogens (tertiary/aromatic N) is 1. The average molecular weight is 636 g/mol. The van der Waals surface area contributed by atoms with Gasteiger partial charge in [0.1, 0.15) is 11.6 Å². The van der Waals surface area contributed by atoms with Gasteiger partial charge in [-0.2, -0.15) is 0 Å². The number of anilines is 1. The molecule has 1 amide bonds. The Kier molecular flexibility index (Phi) is 9.80. The summed E-state index contributed by atoms with van der Waals surface area (Å²) in [6, 6.07) is 20.6. The van der Waals surface area contributed by atoms with Crippen molar-refractivity contribution in [2.45, 2.75) is 53.6 Å². The monoisotopic (exact) mass is 634 g/mol. The molecule has 1 atom stereocenters. The fourth-order valence-electron chi connectivity index (χ4n) is 5.27. The van der Waals surface area contributed by atoms with Crippen LogP contribution in [-0.2, 0) is 19.4 Å². The molecule has 0 aliphatic heterocycles. The highest BCUT2D eigenvalue weighted by Crippen LogP contribution is 2.45. The topological polar surface area (TPSA) is 59.9 Å². The standard InChI is InChI=1S/C35H36Cl2N2O3S/c1-5-41-30-17-22(11-16-29(30)42-21-23-12-14-25(36)19-28(23)37)20-38-34-32(33(40)39-26-9-7-6-8-10-26)27-15-13-24(35(2,3)4)18-31(27)43-34/h6-12,14,16-17,19-20,24H,5,13,15,18,21H2,1-4H3,(H,39,40)/t24-/m1/s1. The molecule has 0 bridgehead atoms. The van der Waals surface area contributed by atoms with Crippen LogP contribution in [0.5, 0.6) is 11.5 Å². The van der Waals surface area contributed by atoms with Crippen LogP contribution in [0, 0.1) is 11.3 Å². The van der Waals surface area contributed by atoms with Crippen LogP contribution >= 0.6 is 34.5 Å². The highest BCUT2D eigenvalue weighted by Gasteiger charge is 2.33. The number of amides is 1. The minimum Gasteiger partial charge on any atom is -0.490 e. The lowest BCUT2D eigenvalue weighted by Crippen LogP contribution is -2.27. The number of hydrogen-bond donors (Lipinski definition) is 1. The summed E-state index contributed by atoms with van der Waals surface area (Å²) in [5, 5.41) is 4.94. The lowest BCUT2D eigenvalue weighted by molar-refractivity contribution is 0.102. The molecule has 5 nitrogen and oxygen atoms in total. The Labute approximate surface area is 267 Å². The molecule has 8 heteroatoms. The van der Waals surface area contributed by atoms with Crippen molar-refractivity contribution in [2.24, 2.45) is 16.3 Å². The number of benzene rings is 3. The van der Waals surface area contributed by atoms with E-state index in [1.165, 1.54) is 4.88 Å². The maximum Gasteiger partial charge on any atom is 0.259 e. The summed E-state index contributed by atoms with van der Waals surface area (Å²) in [6.07, 6.45) is 4.68. The van der Waals surface area contributed by atoms with Gasteiger partial charge in [-0.05, 0) is 91.1 Å². The van der Waals surface area contributed by atoms with Crippen LogP contribution < -0.4 is 14.8 Å². The Hall–Kier alpha value is -3.32. The van der Waals surface area contributed by atoms with Gasteiger partial charge in [-0.25, -0.2) is 4.99 Å². The number of thiophene rings is 1. The molecule has 0 unspecified atom stereocenters. The second-order valence-electron chi connectivity index (χ2n) is 11.7. The van der Waals surface area contributed by atoms with Crippen molar-refractivity contribution in [1.29, 1.82) is 0 Å². The zero-order valence-electron chi connectivity index (χ0n) is 24.9. The molecule has 224 valence electrons. The van der Waals surface area contributed by atoms with Crippen LogP contribution in [0.2, 0.25) is 10.0 Å². The summed E-state index contributed by atoms with van der Waals surface area (Å²) in [5.41, 5.74) is 4.45. The molecule has 4 aromatic rings. The zero-order chi connectivity index (χ0) is 30.6. The summed E-state index contributed by atoms with van der Waals surface area (Å²) in [7, 11) is 0.